The third-order valence-electron chi connectivity index (χ3n) is 4.39. The van der Waals surface area contributed by atoms with Gasteiger partial charge in [-0.15, -0.1) is 10.2 Å². The molecule has 2 aromatic carbocycles. The molecule has 0 radical (unpaired) electrons. The number of aromatic nitrogens is 3. The van der Waals surface area contributed by atoms with E-state index in [1.807, 2.05) is 41.9 Å². The minimum absolute atomic E-state index is 0.000345. The third-order valence-corrected chi connectivity index (χ3v) is 5.41. The molecule has 0 aliphatic carbocycles. The molecule has 1 aliphatic heterocycles. The number of ether oxygens (including phenoxy) is 3. The highest BCUT2D eigenvalue weighted by Crippen LogP contribution is 2.35. The van der Waals surface area contributed by atoms with Crippen LogP contribution in [0.5, 0.6) is 17.2 Å². The molecule has 1 aliphatic rings. The Morgan fingerprint density at radius 2 is 2.04 bits per heavy atom. The van der Waals surface area contributed by atoms with Crippen LogP contribution in [0.3, 0.4) is 0 Å². The second kappa shape index (κ2) is 7.93. The van der Waals surface area contributed by atoms with Gasteiger partial charge in [0.1, 0.15) is 12.4 Å². The quantitative estimate of drug-likeness (QED) is 0.467. The minimum Gasteiger partial charge on any atom is -0.497 e. The highest BCUT2D eigenvalue weighted by Gasteiger charge is 2.27. The van der Waals surface area contributed by atoms with Gasteiger partial charge in [0.15, 0.2) is 34.4 Å². The standard InChI is InChI=1S/C20H19N3O4S/c1-23-19(18-11-26-16-8-3-4-9-17(16)27-18)21-22-20(23)28-12-15(24)13-6-5-7-14(10-13)25-2/h3-10,18H,11-12H2,1-2H3. The maximum absolute atomic E-state index is 12.5. The van der Waals surface area contributed by atoms with E-state index in [-0.39, 0.29) is 17.6 Å². The number of ketones is 1. The van der Waals surface area contributed by atoms with Crippen LogP contribution in [0.4, 0.5) is 0 Å². The molecule has 28 heavy (non-hydrogen) atoms. The number of benzene rings is 2. The van der Waals surface area contributed by atoms with E-state index in [0.717, 1.165) is 5.75 Å². The lowest BCUT2D eigenvalue weighted by Gasteiger charge is -2.25. The average Bonchev–Trinajstić information content (AvgIpc) is 3.12. The molecule has 144 valence electrons. The molecular formula is C20H19N3O4S. The molecule has 1 aromatic heterocycles. The number of rotatable bonds is 6. The molecule has 3 aromatic rings. The predicted molar refractivity (Wildman–Crippen MR) is 104 cm³/mol. The van der Waals surface area contributed by atoms with Crippen molar-refractivity contribution in [2.45, 2.75) is 11.3 Å². The summed E-state index contributed by atoms with van der Waals surface area (Å²) in [6.07, 6.45) is -0.351. The van der Waals surface area contributed by atoms with Crippen LogP contribution in [0.25, 0.3) is 0 Å². The van der Waals surface area contributed by atoms with Crippen LogP contribution < -0.4 is 14.2 Å². The van der Waals surface area contributed by atoms with Crippen molar-refractivity contribution < 1.29 is 19.0 Å². The smallest absolute Gasteiger partial charge is 0.192 e. The number of methoxy groups -OCH3 is 1. The van der Waals surface area contributed by atoms with Crippen molar-refractivity contribution >= 4 is 17.5 Å². The van der Waals surface area contributed by atoms with Crippen molar-refractivity contribution in [2.75, 3.05) is 19.5 Å². The summed E-state index contributed by atoms with van der Waals surface area (Å²) < 4.78 is 18.8. The van der Waals surface area contributed by atoms with Crippen molar-refractivity contribution in [3.8, 4) is 17.2 Å². The van der Waals surface area contributed by atoms with E-state index < -0.39 is 0 Å². The van der Waals surface area contributed by atoms with E-state index in [4.69, 9.17) is 14.2 Å². The molecule has 1 unspecified atom stereocenters. The molecule has 1 atom stereocenters. The van der Waals surface area contributed by atoms with Gasteiger partial charge in [0.2, 0.25) is 0 Å². The Kier molecular flexibility index (Phi) is 5.21. The first kappa shape index (κ1) is 18.4. The molecule has 0 spiro atoms. The van der Waals surface area contributed by atoms with E-state index in [2.05, 4.69) is 10.2 Å². The first-order chi connectivity index (χ1) is 13.7. The van der Waals surface area contributed by atoms with Crippen molar-refractivity contribution in [1.82, 2.24) is 14.8 Å². The Morgan fingerprint density at radius 1 is 1.21 bits per heavy atom. The van der Waals surface area contributed by atoms with Gasteiger partial charge in [-0.1, -0.05) is 36.0 Å². The van der Waals surface area contributed by atoms with Gasteiger partial charge in [-0.2, -0.15) is 0 Å². The molecular weight excluding hydrogens is 378 g/mol. The lowest BCUT2D eigenvalue weighted by atomic mass is 10.1. The maximum Gasteiger partial charge on any atom is 0.192 e. The van der Waals surface area contributed by atoms with Gasteiger partial charge in [0, 0.05) is 12.6 Å². The Balaban J connectivity index is 1.43. The van der Waals surface area contributed by atoms with Crippen LogP contribution in [0.1, 0.15) is 22.3 Å². The second-order valence-electron chi connectivity index (χ2n) is 6.21. The summed E-state index contributed by atoms with van der Waals surface area (Å²) in [5.41, 5.74) is 0.606. The number of Topliss-reactive ketones (excluding diaryl/α,β-unsaturated/α-hetero) is 1. The summed E-state index contributed by atoms with van der Waals surface area (Å²) in [5.74, 6) is 2.98. The predicted octanol–water partition coefficient (Wildman–Crippen LogP) is 3.31. The summed E-state index contributed by atoms with van der Waals surface area (Å²) in [6, 6.07) is 14.6. The van der Waals surface area contributed by atoms with E-state index >= 15 is 0 Å². The largest absolute Gasteiger partial charge is 0.497 e. The van der Waals surface area contributed by atoms with Crippen molar-refractivity contribution in [2.24, 2.45) is 7.05 Å². The Morgan fingerprint density at radius 3 is 2.86 bits per heavy atom. The molecule has 0 amide bonds. The van der Waals surface area contributed by atoms with Gasteiger partial charge in [-0.3, -0.25) is 4.79 Å². The van der Waals surface area contributed by atoms with E-state index in [9.17, 15) is 4.79 Å². The van der Waals surface area contributed by atoms with Gasteiger partial charge in [-0.25, -0.2) is 0 Å². The molecule has 7 nitrogen and oxygen atoms in total. The zero-order valence-corrected chi connectivity index (χ0v) is 16.3. The maximum atomic E-state index is 12.5. The van der Waals surface area contributed by atoms with E-state index in [1.54, 1.807) is 25.3 Å². The minimum atomic E-state index is -0.351. The summed E-state index contributed by atoms with van der Waals surface area (Å²) in [6.45, 7) is 0.358. The number of carbonyl (C=O) groups is 1. The Labute approximate surface area is 166 Å². The summed E-state index contributed by atoms with van der Waals surface area (Å²) >= 11 is 1.34. The van der Waals surface area contributed by atoms with Crippen molar-refractivity contribution in [1.29, 1.82) is 0 Å². The number of thioether (sulfide) groups is 1. The van der Waals surface area contributed by atoms with E-state index in [0.29, 0.717) is 34.7 Å². The molecule has 0 N–H and O–H groups in total. The lowest BCUT2D eigenvalue weighted by molar-refractivity contribution is 0.0825. The fourth-order valence-electron chi connectivity index (χ4n) is 2.89. The SMILES string of the molecule is COc1cccc(C(=O)CSc2nnc(C3COc4ccccc4O3)n2C)c1. The second-order valence-corrected chi connectivity index (χ2v) is 7.15. The number of para-hydroxylation sites is 2. The van der Waals surface area contributed by atoms with Crippen LogP contribution in [-0.2, 0) is 7.05 Å². The van der Waals surface area contributed by atoms with Gasteiger partial charge in [0.05, 0.1) is 12.9 Å². The number of fused-ring (bicyclic) bond motifs is 1. The van der Waals surface area contributed by atoms with Gasteiger partial charge < -0.3 is 18.8 Å². The average molecular weight is 397 g/mol. The first-order valence-corrected chi connectivity index (χ1v) is 9.72. The fraction of sp³-hybridized carbons (Fsp3) is 0.250. The summed E-state index contributed by atoms with van der Waals surface area (Å²) in [7, 11) is 3.44. The highest BCUT2D eigenvalue weighted by atomic mass is 32.2. The normalized spacial score (nSPS) is 15.3. The van der Waals surface area contributed by atoms with Crippen molar-refractivity contribution in [3.05, 3.63) is 59.9 Å². The van der Waals surface area contributed by atoms with Crippen molar-refractivity contribution in [3.63, 3.8) is 0 Å². The van der Waals surface area contributed by atoms with Gasteiger partial charge in [-0.05, 0) is 24.3 Å². The zero-order valence-electron chi connectivity index (χ0n) is 15.5. The highest BCUT2D eigenvalue weighted by molar-refractivity contribution is 7.99. The molecule has 0 fully saturated rings. The molecule has 0 saturated carbocycles. The molecule has 8 heteroatoms. The number of hydrogen-bond acceptors (Lipinski definition) is 7. The van der Waals surface area contributed by atoms with E-state index in [1.165, 1.54) is 11.8 Å². The Bertz CT molecular complexity index is 1000. The van der Waals surface area contributed by atoms with Crippen LogP contribution >= 0.6 is 11.8 Å². The molecule has 4 rings (SSSR count). The zero-order chi connectivity index (χ0) is 19.5. The molecule has 0 bridgehead atoms. The first-order valence-electron chi connectivity index (χ1n) is 8.73. The van der Waals surface area contributed by atoms with Crippen LogP contribution in [-0.4, -0.2) is 40.0 Å². The van der Waals surface area contributed by atoms with Gasteiger partial charge in [0.25, 0.3) is 0 Å². The lowest BCUT2D eigenvalue weighted by Crippen LogP contribution is -2.24. The number of hydrogen-bond donors (Lipinski definition) is 0. The number of carbonyl (C=O) groups excluding carboxylic acids is 1. The third kappa shape index (κ3) is 3.68. The number of nitrogens with zero attached hydrogens (tertiary/aromatic N) is 3. The topological polar surface area (TPSA) is 75.5 Å². The monoisotopic (exact) mass is 397 g/mol. The summed E-state index contributed by atoms with van der Waals surface area (Å²) in [5, 5.41) is 9.10. The molecule has 0 saturated heterocycles. The Hall–Kier alpha value is -3.00. The molecule has 2 heterocycles. The summed E-state index contributed by atoms with van der Waals surface area (Å²) in [4.78, 5) is 12.5. The van der Waals surface area contributed by atoms with Crippen LogP contribution in [0, 0.1) is 0 Å². The van der Waals surface area contributed by atoms with Crippen LogP contribution in [0.15, 0.2) is 53.7 Å². The van der Waals surface area contributed by atoms with Gasteiger partial charge >= 0.3 is 0 Å². The van der Waals surface area contributed by atoms with Crippen LogP contribution in [0.2, 0.25) is 0 Å². The fourth-order valence-corrected chi connectivity index (χ4v) is 3.70.